The van der Waals surface area contributed by atoms with E-state index < -0.39 is 35.6 Å². The number of carbonyl (C=O) groups excluding carboxylic acids is 5. The Morgan fingerprint density at radius 3 is 2.16 bits per heavy atom. The van der Waals surface area contributed by atoms with E-state index >= 15 is 0 Å². The van der Waals surface area contributed by atoms with Gasteiger partial charge in [-0.3, -0.25) is 43.9 Å². The fourth-order valence-corrected chi connectivity index (χ4v) is 10.8. The molecule has 328 valence electrons. The minimum atomic E-state index is -0.964. The molecule has 0 radical (unpaired) electrons. The summed E-state index contributed by atoms with van der Waals surface area (Å²) in [5.74, 6) is -0.712. The number of hydrogen-bond donors (Lipinski definition) is 3. The highest BCUT2D eigenvalue weighted by molar-refractivity contribution is 6.23. The van der Waals surface area contributed by atoms with Crippen LogP contribution in [0, 0.1) is 34.0 Å². The predicted octanol–water partition coefficient (Wildman–Crippen LogP) is 4.03. The SMILES string of the molecule is CC1(C)CC(C)(C)C1Cc1ccc(C#N)c2[nH]c(=O)ccc12.NC(=O)c1cnc(N2CCC(CN3CCN(c4ccc5c(c4)C(=O)N(C4CCC(=O)NC4=O)C5=O)CC3)CC2)nc1. The van der Waals surface area contributed by atoms with Gasteiger partial charge in [0.05, 0.1) is 27.8 Å². The molecule has 9 rings (SSSR count). The largest absolute Gasteiger partial charge is 0.369 e. The van der Waals surface area contributed by atoms with Crippen LogP contribution in [0.25, 0.3) is 10.9 Å². The van der Waals surface area contributed by atoms with Crippen LogP contribution in [-0.2, 0) is 16.0 Å². The van der Waals surface area contributed by atoms with E-state index in [2.05, 4.69) is 68.7 Å². The second-order valence-corrected chi connectivity index (χ2v) is 18.9. The smallest absolute Gasteiger partial charge is 0.262 e. The third-order valence-electron chi connectivity index (χ3n) is 13.8. The summed E-state index contributed by atoms with van der Waals surface area (Å²) in [5, 5.41) is 12.5. The van der Waals surface area contributed by atoms with Crippen molar-refractivity contribution >= 4 is 52.1 Å². The number of amides is 5. The number of imide groups is 2. The highest BCUT2D eigenvalue weighted by atomic mass is 16.2. The van der Waals surface area contributed by atoms with Crippen molar-refractivity contribution in [1.82, 2.24) is 30.1 Å². The maximum Gasteiger partial charge on any atom is 0.262 e. The lowest BCUT2D eigenvalue weighted by atomic mass is 9.47. The number of piperidine rings is 2. The van der Waals surface area contributed by atoms with Gasteiger partial charge in [-0.1, -0.05) is 33.8 Å². The fraction of sp³-hybridized carbons (Fsp3) is 0.468. The molecule has 5 aliphatic rings. The van der Waals surface area contributed by atoms with Crippen molar-refractivity contribution < 1.29 is 24.0 Å². The maximum absolute atomic E-state index is 13.2. The van der Waals surface area contributed by atoms with E-state index in [1.807, 2.05) is 24.3 Å². The van der Waals surface area contributed by atoms with Crippen LogP contribution in [0.15, 0.2) is 59.7 Å². The van der Waals surface area contributed by atoms with Crippen molar-refractivity contribution in [3.05, 3.63) is 93.0 Å². The lowest BCUT2D eigenvalue weighted by molar-refractivity contribution is -0.136. The van der Waals surface area contributed by atoms with Crippen LogP contribution in [-0.4, -0.2) is 106 Å². The second-order valence-electron chi connectivity index (χ2n) is 18.9. The van der Waals surface area contributed by atoms with Gasteiger partial charge in [-0.15, -0.1) is 0 Å². The number of nitriles is 1. The zero-order valence-corrected chi connectivity index (χ0v) is 36.3. The van der Waals surface area contributed by atoms with Gasteiger partial charge in [0, 0.05) is 81.8 Å². The standard InChI is InChI=1S/C28H32N8O5.C19H22N2O/c29-24(38)18-14-30-28(31-15-18)35-7-5-17(6-8-35)16-33-9-11-34(12-10-33)19-1-2-20-21(13-19)27(41)36(26(20)40)22-3-4-23(37)32-25(22)39;1-18(2)11-19(3,4)15(18)9-12-5-6-13(10-20)17-14(12)7-8-16(22)21-17/h1-2,13-15,17,22H,3-12,16H2,(H2,29,38)(H,32,37,39);5-8,15H,9,11H2,1-4H3,(H,21,22). The van der Waals surface area contributed by atoms with Crippen molar-refractivity contribution in [3.8, 4) is 6.07 Å². The molecule has 4 N–H and O–H groups in total. The van der Waals surface area contributed by atoms with Gasteiger partial charge in [-0.25, -0.2) is 9.97 Å². The molecule has 4 aliphatic heterocycles. The normalized spacial score (nSPS) is 21.3. The minimum Gasteiger partial charge on any atom is -0.369 e. The van der Waals surface area contributed by atoms with E-state index in [1.54, 1.807) is 18.2 Å². The molecule has 16 nitrogen and oxygen atoms in total. The van der Waals surface area contributed by atoms with Gasteiger partial charge in [-0.2, -0.15) is 5.26 Å². The van der Waals surface area contributed by atoms with Crippen LogP contribution in [0.3, 0.4) is 0 Å². The summed E-state index contributed by atoms with van der Waals surface area (Å²) < 4.78 is 0. The molecule has 63 heavy (non-hydrogen) atoms. The Hall–Kier alpha value is -6.47. The second kappa shape index (κ2) is 17.0. The van der Waals surface area contributed by atoms with E-state index in [-0.39, 0.29) is 18.4 Å². The number of aromatic nitrogens is 3. The number of piperazine rings is 1. The van der Waals surface area contributed by atoms with Crippen LogP contribution in [0.2, 0.25) is 0 Å². The molecule has 1 saturated carbocycles. The van der Waals surface area contributed by atoms with Crippen LogP contribution in [0.4, 0.5) is 11.6 Å². The Labute approximate surface area is 365 Å². The Kier molecular flexibility index (Phi) is 11.7. The first-order valence-electron chi connectivity index (χ1n) is 21.8. The third-order valence-corrected chi connectivity index (χ3v) is 13.8. The van der Waals surface area contributed by atoms with Crippen LogP contribution >= 0.6 is 0 Å². The van der Waals surface area contributed by atoms with Gasteiger partial charge in [0.1, 0.15) is 12.1 Å². The van der Waals surface area contributed by atoms with Gasteiger partial charge in [0.15, 0.2) is 0 Å². The summed E-state index contributed by atoms with van der Waals surface area (Å²) in [6.07, 6.45) is 7.46. The Bertz CT molecular complexity index is 2570. The molecule has 16 heteroatoms. The number of anilines is 2. The summed E-state index contributed by atoms with van der Waals surface area (Å²) in [6, 6.07) is 13.8. The molecule has 1 unspecified atom stereocenters. The number of benzene rings is 2. The molecule has 4 fully saturated rings. The van der Waals surface area contributed by atoms with Crippen molar-refractivity contribution in [2.45, 2.75) is 72.3 Å². The molecule has 4 aromatic rings. The monoisotopic (exact) mass is 854 g/mol. The zero-order chi connectivity index (χ0) is 44.8. The fourth-order valence-electron chi connectivity index (χ4n) is 10.8. The van der Waals surface area contributed by atoms with E-state index in [0.717, 1.165) is 81.0 Å². The quantitative estimate of drug-likeness (QED) is 0.214. The first-order valence-corrected chi connectivity index (χ1v) is 21.8. The maximum atomic E-state index is 13.2. The first-order chi connectivity index (χ1) is 30.0. The van der Waals surface area contributed by atoms with E-state index in [4.69, 9.17) is 5.73 Å². The summed E-state index contributed by atoms with van der Waals surface area (Å²) in [4.78, 5) is 92.1. The number of nitrogens with one attached hydrogen (secondary N) is 2. The van der Waals surface area contributed by atoms with Crippen molar-refractivity contribution in [2.24, 2.45) is 28.4 Å². The Balaban J connectivity index is 0.000000208. The van der Waals surface area contributed by atoms with Crippen molar-refractivity contribution in [3.63, 3.8) is 0 Å². The summed E-state index contributed by atoms with van der Waals surface area (Å²) >= 11 is 0. The van der Waals surface area contributed by atoms with Crippen LogP contribution < -0.4 is 26.4 Å². The number of nitrogens with two attached hydrogens (primary N) is 1. The molecular weight excluding hydrogens is 801 g/mol. The van der Waals surface area contributed by atoms with E-state index in [9.17, 15) is 34.0 Å². The summed E-state index contributed by atoms with van der Waals surface area (Å²) in [6.45, 7) is 15.4. The number of aromatic amines is 1. The summed E-state index contributed by atoms with van der Waals surface area (Å²) in [5.41, 5.74) is 9.99. The highest BCUT2D eigenvalue weighted by Crippen LogP contribution is 2.60. The topological polar surface area (TPSA) is 219 Å². The number of primary amides is 1. The molecule has 0 spiro atoms. The molecule has 5 amide bonds. The number of rotatable bonds is 8. The highest BCUT2D eigenvalue weighted by Gasteiger charge is 2.52. The number of nitrogens with zero attached hydrogens (tertiary/aromatic N) is 7. The average Bonchev–Trinajstić information content (AvgIpc) is 3.50. The Morgan fingerprint density at radius 1 is 0.841 bits per heavy atom. The molecule has 2 aromatic carbocycles. The molecule has 3 saturated heterocycles. The third kappa shape index (κ3) is 8.66. The average molecular weight is 855 g/mol. The first kappa shape index (κ1) is 43.2. The lowest BCUT2D eigenvalue weighted by Crippen LogP contribution is -2.54. The van der Waals surface area contributed by atoms with Crippen LogP contribution in [0.1, 0.15) is 102 Å². The van der Waals surface area contributed by atoms with Gasteiger partial charge in [0.25, 0.3) is 17.7 Å². The van der Waals surface area contributed by atoms with Gasteiger partial charge >= 0.3 is 0 Å². The molecule has 1 aliphatic carbocycles. The number of fused-ring (bicyclic) bond motifs is 2. The van der Waals surface area contributed by atoms with Crippen molar-refractivity contribution in [1.29, 1.82) is 5.26 Å². The van der Waals surface area contributed by atoms with Gasteiger partial charge in [0.2, 0.25) is 23.3 Å². The molecule has 0 bridgehead atoms. The van der Waals surface area contributed by atoms with E-state index in [0.29, 0.717) is 56.4 Å². The lowest BCUT2D eigenvalue weighted by Gasteiger charge is -2.58. The Morgan fingerprint density at radius 2 is 1.52 bits per heavy atom. The minimum absolute atomic E-state index is 0.0963. The number of hydrogen-bond acceptors (Lipinski definition) is 12. The zero-order valence-electron chi connectivity index (χ0n) is 36.3. The number of carbonyl (C=O) groups is 5. The molecular formula is C47H54N10O6. The summed E-state index contributed by atoms with van der Waals surface area (Å²) in [7, 11) is 0. The van der Waals surface area contributed by atoms with Gasteiger partial charge < -0.3 is 20.5 Å². The molecule has 2 aromatic heterocycles. The predicted molar refractivity (Wildman–Crippen MR) is 236 cm³/mol. The van der Waals surface area contributed by atoms with Crippen molar-refractivity contribution in [2.75, 3.05) is 55.6 Å². The molecule has 1 atom stereocenters. The van der Waals surface area contributed by atoms with E-state index in [1.165, 1.54) is 24.4 Å². The number of H-pyrrole nitrogens is 1. The number of pyridine rings is 1. The van der Waals surface area contributed by atoms with Crippen LogP contribution in [0.5, 0.6) is 0 Å². The molecule has 6 heterocycles. The van der Waals surface area contributed by atoms with Gasteiger partial charge in [-0.05, 0) is 90.7 Å².